The highest BCUT2D eigenvalue weighted by Gasteiger charge is 2.19. The van der Waals surface area contributed by atoms with Crippen LogP contribution in [0.1, 0.15) is 31.8 Å². The fourth-order valence-corrected chi connectivity index (χ4v) is 4.43. The van der Waals surface area contributed by atoms with E-state index in [2.05, 4.69) is 40.1 Å². The van der Waals surface area contributed by atoms with Gasteiger partial charge in [-0.25, -0.2) is 9.59 Å². The summed E-state index contributed by atoms with van der Waals surface area (Å²) in [7, 11) is 2.55. The van der Waals surface area contributed by atoms with Crippen LogP contribution in [-0.2, 0) is 9.47 Å². The van der Waals surface area contributed by atoms with Crippen molar-refractivity contribution in [2.24, 2.45) is 10.2 Å². The topological polar surface area (TPSA) is 215 Å². The van der Waals surface area contributed by atoms with E-state index in [0.717, 1.165) is 0 Å². The molecule has 0 radical (unpaired) electrons. The van der Waals surface area contributed by atoms with Crippen LogP contribution in [0.3, 0.4) is 0 Å². The number of aromatic nitrogens is 4. The van der Waals surface area contributed by atoms with Gasteiger partial charge in [-0.05, 0) is 36.4 Å². The summed E-state index contributed by atoms with van der Waals surface area (Å²) in [6.07, 6.45) is 0. The maximum atomic E-state index is 11.6. The molecule has 50 heavy (non-hydrogen) atoms. The summed E-state index contributed by atoms with van der Waals surface area (Å²) >= 11 is 12.1. The number of hydrogen-bond donors (Lipinski definition) is 0. The van der Waals surface area contributed by atoms with Crippen LogP contribution in [0.4, 0.5) is 11.4 Å². The minimum absolute atomic E-state index is 0.0394. The Morgan fingerprint density at radius 3 is 1.74 bits per heavy atom. The van der Waals surface area contributed by atoms with Crippen LogP contribution in [-0.4, -0.2) is 66.7 Å². The van der Waals surface area contributed by atoms with Crippen molar-refractivity contribution in [2.45, 2.75) is 0 Å². The summed E-state index contributed by atoms with van der Waals surface area (Å²) < 4.78 is 9.29. The Balaban J connectivity index is 0.000000225. The van der Waals surface area contributed by atoms with Crippen molar-refractivity contribution in [1.82, 2.24) is 20.4 Å². The van der Waals surface area contributed by atoms with E-state index >= 15 is 0 Å². The van der Waals surface area contributed by atoms with Gasteiger partial charge in [0.1, 0.15) is 5.56 Å². The lowest BCUT2D eigenvalue weighted by atomic mass is 10.1. The highest BCUT2D eigenvalue weighted by atomic mass is 35.5. The number of para-hydroxylation sites is 2. The Morgan fingerprint density at radius 2 is 1.12 bits per heavy atom. The molecule has 0 atom stereocenters. The Labute approximate surface area is 292 Å². The number of nitro benzene ring substituents is 2. The molecule has 5 rings (SSSR count). The van der Waals surface area contributed by atoms with Crippen molar-refractivity contribution in [3.8, 4) is 22.8 Å². The zero-order chi connectivity index (χ0) is 36.2. The van der Waals surface area contributed by atoms with Crippen LogP contribution < -0.4 is 0 Å². The van der Waals surface area contributed by atoms with E-state index in [1.54, 1.807) is 60.7 Å². The van der Waals surface area contributed by atoms with Crippen molar-refractivity contribution >= 4 is 56.9 Å². The van der Waals surface area contributed by atoms with Crippen LogP contribution in [0, 0.1) is 20.2 Å². The number of benzene rings is 4. The molecule has 0 bridgehead atoms. The second-order valence-electron chi connectivity index (χ2n) is 9.52. The van der Waals surface area contributed by atoms with Gasteiger partial charge in [-0.3, -0.25) is 20.2 Å². The first-order valence-electron chi connectivity index (χ1n) is 13.9. The molecular formula is C32H22Cl2N8O8. The molecule has 0 amide bonds. The average molecular weight is 717 g/mol. The Bertz CT molecular complexity index is 2130. The van der Waals surface area contributed by atoms with E-state index in [9.17, 15) is 29.8 Å². The Morgan fingerprint density at radius 1 is 0.620 bits per heavy atom. The number of esters is 2. The third-order valence-corrected chi connectivity index (χ3v) is 7.01. The minimum Gasteiger partial charge on any atom is -0.465 e. The summed E-state index contributed by atoms with van der Waals surface area (Å²) in [5.41, 5.74) is 1.58. The lowest BCUT2D eigenvalue weighted by Crippen LogP contribution is -2.03. The van der Waals surface area contributed by atoms with Crippen molar-refractivity contribution in [3.63, 3.8) is 0 Å². The second-order valence-corrected chi connectivity index (χ2v) is 10.2. The number of ether oxygens (including phenoxy) is 2. The van der Waals surface area contributed by atoms with E-state index in [4.69, 9.17) is 23.2 Å². The molecule has 0 N–H and O–H groups in total. The molecule has 18 heteroatoms. The molecule has 5 aromatic rings. The number of hydrogen-bond acceptors (Lipinski definition) is 14. The largest absolute Gasteiger partial charge is 0.465 e. The van der Waals surface area contributed by atoms with Gasteiger partial charge in [0, 0.05) is 23.3 Å². The molecule has 0 aliphatic heterocycles. The third-order valence-electron chi connectivity index (χ3n) is 6.43. The van der Waals surface area contributed by atoms with Crippen LogP contribution in [0.2, 0.25) is 0 Å². The predicted molar refractivity (Wildman–Crippen MR) is 182 cm³/mol. The Kier molecular flexibility index (Phi) is 12.4. The van der Waals surface area contributed by atoms with Gasteiger partial charge in [-0.2, -0.15) is 0 Å². The van der Waals surface area contributed by atoms with Gasteiger partial charge in [0.25, 0.3) is 11.4 Å². The predicted octanol–water partition coefficient (Wildman–Crippen LogP) is 6.26. The molecule has 0 spiro atoms. The van der Waals surface area contributed by atoms with Crippen LogP contribution in [0.15, 0.2) is 107 Å². The number of methoxy groups -OCH3 is 2. The number of rotatable bonds is 9. The molecule has 0 saturated heterocycles. The smallest absolute Gasteiger partial charge is 0.337 e. The van der Waals surface area contributed by atoms with Gasteiger partial charge < -0.3 is 9.47 Å². The molecule has 1 heterocycles. The molecule has 0 aliphatic carbocycles. The number of carbonyl (C=O) groups is 2. The maximum Gasteiger partial charge on any atom is 0.337 e. The Hall–Kier alpha value is -6.52. The SMILES string of the molecule is COC(=O)c1cccc(-c2nnc(-c3ccccc3[N+](=O)[O-])nn2)c1.COC(=O)c1cccc(/C(Cl)=N/N=C(\Cl)c2ccccc2[N+](=O)[O-])c1. The van der Waals surface area contributed by atoms with E-state index in [-0.39, 0.29) is 44.5 Å². The summed E-state index contributed by atoms with van der Waals surface area (Å²) in [6, 6.07) is 24.7. The first-order chi connectivity index (χ1) is 24.0. The molecule has 4 aromatic carbocycles. The van der Waals surface area contributed by atoms with Gasteiger partial charge in [0.2, 0.25) is 11.6 Å². The lowest BCUT2D eigenvalue weighted by molar-refractivity contribution is -0.385. The summed E-state index contributed by atoms with van der Waals surface area (Å²) in [5, 5.41) is 45.1. The number of nitro groups is 2. The summed E-state index contributed by atoms with van der Waals surface area (Å²) in [5.74, 6) is -0.777. The first-order valence-corrected chi connectivity index (χ1v) is 14.7. The minimum atomic E-state index is -0.571. The highest BCUT2D eigenvalue weighted by Crippen LogP contribution is 2.26. The molecule has 1 aromatic heterocycles. The fourth-order valence-electron chi connectivity index (χ4n) is 4.08. The van der Waals surface area contributed by atoms with E-state index in [0.29, 0.717) is 22.3 Å². The highest BCUT2D eigenvalue weighted by molar-refractivity contribution is 6.71. The molecule has 16 nitrogen and oxygen atoms in total. The zero-order valence-electron chi connectivity index (χ0n) is 25.8. The molecule has 252 valence electrons. The quantitative estimate of drug-likeness (QED) is 0.0714. The molecule has 0 fully saturated rings. The molecular weight excluding hydrogens is 695 g/mol. The fraction of sp³-hybridized carbons (Fsp3) is 0.0625. The lowest BCUT2D eigenvalue weighted by Gasteiger charge is -2.03. The van der Waals surface area contributed by atoms with Gasteiger partial charge in [-0.1, -0.05) is 71.7 Å². The third kappa shape index (κ3) is 9.09. The van der Waals surface area contributed by atoms with Crippen molar-refractivity contribution in [1.29, 1.82) is 0 Å². The number of nitrogens with zero attached hydrogens (tertiary/aromatic N) is 8. The normalized spacial score (nSPS) is 11.1. The number of carbonyl (C=O) groups excluding carboxylic acids is 2. The standard InChI is InChI=1S/C16H11Cl2N3O4.C16H11N5O4/c1-25-16(22)11-6-4-5-10(9-11)14(17)19-20-15(18)12-7-2-3-8-13(12)21(23)24;1-25-16(22)11-6-4-5-10(9-11)14-17-19-15(20-18-14)12-7-2-3-8-13(12)21(23)24/h2*2-9H,1H3/b19-14-,20-15-;. The van der Waals surface area contributed by atoms with Crippen LogP contribution in [0.5, 0.6) is 0 Å². The van der Waals surface area contributed by atoms with Crippen LogP contribution in [0.25, 0.3) is 22.8 Å². The summed E-state index contributed by atoms with van der Waals surface area (Å²) in [6.45, 7) is 0. The number of halogens is 2. The van der Waals surface area contributed by atoms with E-state index < -0.39 is 21.8 Å². The maximum absolute atomic E-state index is 11.6. The van der Waals surface area contributed by atoms with Gasteiger partial charge in [0.15, 0.2) is 10.3 Å². The first kappa shape index (κ1) is 36.3. The average Bonchev–Trinajstić information content (AvgIpc) is 3.16. The second kappa shape index (κ2) is 17.0. The van der Waals surface area contributed by atoms with Gasteiger partial charge >= 0.3 is 11.9 Å². The molecule has 0 aliphatic rings. The monoisotopic (exact) mass is 716 g/mol. The van der Waals surface area contributed by atoms with Gasteiger partial charge in [0.05, 0.1) is 40.8 Å². The molecule has 0 unspecified atom stereocenters. The van der Waals surface area contributed by atoms with Crippen molar-refractivity contribution < 1.29 is 28.9 Å². The van der Waals surface area contributed by atoms with Crippen LogP contribution >= 0.6 is 23.2 Å². The van der Waals surface area contributed by atoms with Crippen molar-refractivity contribution in [3.05, 3.63) is 140 Å². The van der Waals surface area contributed by atoms with E-state index in [1.165, 1.54) is 50.6 Å². The summed E-state index contributed by atoms with van der Waals surface area (Å²) in [4.78, 5) is 44.1. The van der Waals surface area contributed by atoms with Gasteiger partial charge in [-0.15, -0.1) is 30.6 Å². The zero-order valence-corrected chi connectivity index (χ0v) is 27.3. The molecule has 0 saturated carbocycles. The van der Waals surface area contributed by atoms with Crippen molar-refractivity contribution in [2.75, 3.05) is 14.2 Å². The van der Waals surface area contributed by atoms with E-state index in [1.807, 2.05) is 0 Å².